The maximum atomic E-state index is 14.9. The zero-order valence-corrected chi connectivity index (χ0v) is 31.5. The van der Waals surface area contributed by atoms with Gasteiger partial charge in [-0.15, -0.1) is 0 Å². The van der Waals surface area contributed by atoms with E-state index in [4.69, 9.17) is 9.47 Å². The van der Waals surface area contributed by atoms with E-state index in [0.29, 0.717) is 36.2 Å². The average Bonchev–Trinajstić information content (AvgIpc) is 3.23. The Balaban J connectivity index is 1.48. The highest BCUT2D eigenvalue weighted by Gasteiger charge is 2.81. The van der Waals surface area contributed by atoms with Gasteiger partial charge in [0.05, 0.1) is 5.60 Å². The van der Waals surface area contributed by atoms with Crippen molar-refractivity contribution >= 4 is 17.5 Å². The summed E-state index contributed by atoms with van der Waals surface area (Å²) in [5, 5.41) is 27.0. The summed E-state index contributed by atoms with van der Waals surface area (Å²) in [6, 6.07) is 0. The van der Waals surface area contributed by atoms with Gasteiger partial charge in [-0.3, -0.25) is 14.4 Å². The van der Waals surface area contributed by atoms with E-state index in [9.17, 15) is 24.6 Å². The van der Waals surface area contributed by atoms with Crippen molar-refractivity contribution in [2.24, 2.45) is 11.8 Å². The van der Waals surface area contributed by atoms with E-state index in [0.717, 1.165) is 37.1 Å². The number of amides is 1. The smallest absolute Gasteiger partial charge is 0.249 e. The first kappa shape index (κ1) is 36.8. The van der Waals surface area contributed by atoms with Crippen molar-refractivity contribution in [3.8, 4) is 17.2 Å². The lowest BCUT2D eigenvalue weighted by Crippen LogP contribution is -2.72. The van der Waals surface area contributed by atoms with Crippen LogP contribution in [0.25, 0.3) is 0 Å². The van der Waals surface area contributed by atoms with Crippen molar-refractivity contribution in [2.45, 2.75) is 111 Å². The highest BCUT2D eigenvalue weighted by molar-refractivity contribution is 6.18. The van der Waals surface area contributed by atoms with Crippen LogP contribution in [-0.2, 0) is 27.2 Å². The fourth-order valence-electron chi connectivity index (χ4n) is 8.92. The first-order chi connectivity index (χ1) is 24.1. The minimum absolute atomic E-state index is 0.0142. The normalized spacial score (nSPS) is 27.8. The summed E-state index contributed by atoms with van der Waals surface area (Å²) in [7, 11) is 0. The fourth-order valence-corrected chi connectivity index (χ4v) is 8.92. The van der Waals surface area contributed by atoms with Crippen LogP contribution in [0.15, 0.2) is 58.2 Å². The number of carbonyl (C=O) groups excluding carboxylic acids is 3. The predicted octanol–water partition coefficient (Wildman–Crippen LogP) is 6.62. The number of hydrogen-bond acceptors (Lipinski definition) is 8. The van der Waals surface area contributed by atoms with Crippen LogP contribution in [0.5, 0.6) is 17.2 Å². The highest BCUT2D eigenvalue weighted by Crippen LogP contribution is 2.68. The van der Waals surface area contributed by atoms with E-state index in [2.05, 4.69) is 25.2 Å². The lowest BCUT2D eigenvalue weighted by atomic mass is 9.51. The molecule has 9 nitrogen and oxygen atoms in total. The predicted molar refractivity (Wildman–Crippen MR) is 197 cm³/mol. The standard InChI is InChI=1S/C42H54N2O7/c1-24(2)10-9-11-26(5)13-15-29-34(45)30(14-12-25(3)4)37-33(35(29)46)36(47)31-22-28-23-32-40(7,8)51-41(38(28)48,42(31,32)50-37)17-16-27(6)39(49)44-20-18-43-19-21-44/h10,12-13,16,22,28,32,43,45-46H,9,11,14-15,17-21,23H2,1-8H3/b26-13+,27-16-. The summed E-state index contributed by atoms with van der Waals surface area (Å²) in [6.07, 6.45) is 12.3. The topological polar surface area (TPSA) is 125 Å². The number of nitrogens with one attached hydrogen (secondary N) is 1. The van der Waals surface area contributed by atoms with Gasteiger partial charge in [-0.05, 0) is 87.5 Å². The molecule has 1 saturated carbocycles. The van der Waals surface area contributed by atoms with Gasteiger partial charge in [0.15, 0.2) is 22.8 Å². The van der Waals surface area contributed by atoms with Crippen LogP contribution in [0.3, 0.4) is 0 Å². The molecule has 1 spiro atoms. The van der Waals surface area contributed by atoms with Gasteiger partial charge in [0, 0.05) is 66.7 Å². The number of benzene rings is 1. The molecule has 7 rings (SSSR count). The molecule has 0 aromatic heterocycles. The first-order valence-electron chi connectivity index (χ1n) is 18.4. The van der Waals surface area contributed by atoms with Crippen LogP contribution in [0.1, 0.15) is 103 Å². The molecule has 1 amide bonds. The van der Waals surface area contributed by atoms with E-state index in [1.54, 1.807) is 24.0 Å². The molecule has 4 bridgehead atoms. The maximum absolute atomic E-state index is 14.9. The number of phenols is 2. The number of carbonyl (C=O) groups is 3. The molecule has 3 heterocycles. The molecule has 3 aliphatic carbocycles. The van der Waals surface area contributed by atoms with Crippen molar-refractivity contribution in [3.63, 3.8) is 0 Å². The zero-order chi connectivity index (χ0) is 37.0. The summed E-state index contributed by atoms with van der Waals surface area (Å²) >= 11 is 0. The number of ketones is 2. The Labute approximate surface area is 302 Å². The second-order valence-corrected chi connectivity index (χ2v) is 16.1. The molecule has 3 fully saturated rings. The van der Waals surface area contributed by atoms with Crippen LogP contribution in [-0.4, -0.2) is 75.6 Å². The quantitative estimate of drug-likeness (QED) is 0.184. The monoisotopic (exact) mass is 698 g/mol. The number of phenolic OH excluding ortho intramolecular Hbond substituents is 2. The Morgan fingerprint density at radius 1 is 0.941 bits per heavy atom. The number of hydrogen-bond donors (Lipinski definition) is 3. The molecule has 4 atom stereocenters. The van der Waals surface area contributed by atoms with Crippen molar-refractivity contribution in [3.05, 3.63) is 74.9 Å². The second kappa shape index (κ2) is 13.6. The number of allylic oxidation sites excluding steroid dienone is 7. The number of Topliss-reactive ketones (excluding diaryl/α,β-unsaturated/α-hetero) is 2. The molecule has 1 aromatic carbocycles. The number of piperazine rings is 1. The number of fused-ring (bicyclic) bond motifs is 1. The molecule has 9 heteroatoms. The van der Waals surface area contributed by atoms with Gasteiger partial charge < -0.3 is 29.9 Å². The van der Waals surface area contributed by atoms with Crippen LogP contribution >= 0.6 is 0 Å². The average molecular weight is 699 g/mol. The summed E-state index contributed by atoms with van der Waals surface area (Å²) < 4.78 is 14.0. The Morgan fingerprint density at radius 3 is 2.27 bits per heavy atom. The molecule has 0 radical (unpaired) electrons. The van der Waals surface area contributed by atoms with Gasteiger partial charge in [0.2, 0.25) is 5.91 Å². The van der Waals surface area contributed by atoms with Crippen LogP contribution in [0.4, 0.5) is 0 Å². The number of rotatable bonds is 10. The minimum atomic E-state index is -1.59. The van der Waals surface area contributed by atoms with Gasteiger partial charge in [-0.25, -0.2) is 0 Å². The summed E-state index contributed by atoms with van der Waals surface area (Å²) in [6.45, 7) is 18.3. The number of ether oxygens (including phenoxy) is 2. The third-order valence-electron chi connectivity index (χ3n) is 11.6. The van der Waals surface area contributed by atoms with Crippen molar-refractivity contribution in [2.75, 3.05) is 26.2 Å². The molecule has 3 aliphatic heterocycles. The summed E-state index contributed by atoms with van der Waals surface area (Å²) in [5.74, 6) is -1.96. The molecule has 51 heavy (non-hydrogen) atoms. The van der Waals surface area contributed by atoms with Gasteiger partial charge >= 0.3 is 0 Å². The van der Waals surface area contributed by atoms with Gasteiger partial charge in [0.1, 0.15) is 22.8 Å². The van der Waals surface area contributed by atoms with Crippen LogP contribution in [0.2, 0.25) is 0 Å². The number of nitrogens with zero attached hydrogens (tertiary/aromatic N) is 1. The Morgan fingerprint density at radius 2 is 1.61 bits per heavy atom. The summed E-state index contributed by atoms with van der Waals surface area (Å²) in [4.78, 5) is 44.7. The second-order valence-electron chi connectivity index (χ2n) is 16.1. The molecule has 3 N–H and O–H groups in total. The molecule has 1 aromatic rings. The summed E-state index contributed by atoms with van der Waals surface area (Å²) in [5.41, 5.74) is 0.915. The Kier molecular flexibility index (Phi) is 9.78. The fraction of sp³-hybridized carbons (Fsp3) is 0.548. The third kappa shape index (κ3) is 6.00. The van der Waals surface area contributed by atoms with Gasteiger partial charge in [-0.1, -0.05) is 47.1 Å². The van der Waals surface area contributed by atoms with Gasteiger partial charge in [0.25, 0.3) is 0 Å². The molecule has 274 valence electrons. The zero-order valence-electron chi connectivity index (χ0n) is 31.5. The largest absolute Gasteiger partial charge is 0.507 e. The molecular formula is C42H54N2O7. The van der Waals surface area contributed by atoms with E-state index in [1.807, 2.05) is 46.8 Å². The Bertz CT molecular complexity index is 1810. The van der Waals surface area contributed by atoms with Gasteiger partial charge in [-0.2, -0.15) is 0 Å². The lowest BCUT2D eigenvalue weighted by molar-refractivity contribution is -0.171. The van der Waals surface area contributed by atoms with E-state index in [1.165, 1.54) is 5.57 Å². The highest BCUT2D eigenvalue weighted by atomic mass is 16.6. The van der Waals surface area contributed by atoms with Crippen molar-refractivity contribution < 1.29 is 34.1 Å². The third-order valence-corrected chi connectivity index (χ3v) is 11.6. The van der Waals surface area contributed by atoms with Crippen molar-refractivity contribution in [1.29, 1.82) is 0 Å². The molecule has 6 aliphatic rings. The van der Waals surface area contributed by atoms with E-state index < -0.39 is 28.5 Å². The SMILES string of the molecule is CC(C)=CCC/C(C)=C/Cc1c(O)c(CC=C(C)C)c2c(c1O)C(=O)C1=CC3CC4C(C)(C)OC(C/C=C(/C)C(=O)N5CCNCC5)(C3=O)C14O2. The van der Waals surface area contributed by atoms with Crippen molar-refractivity contribution in [1.82, 2.24) is 10.2 Å². The first-order valence-corrected chi connectivity index (χ1v) is 18.4. The van der Waals surface area contributed by atoms with Crippen LogP contribution in [0, 0.1) is 11.8 Å². The van der Waals surface area contributed by atoms with Crippen LogP contribution < -0.4 is 10.1 Å². The molecular weight excluding hydrogens is 644 g/mol. The number of aromatic hydroxyl groups is 2. The van der Waals surface area contributed by atoms with E-state index in [-0.39, 0.29) is 65.2 Å². The van der Waals surface area contributed by atoms with E-state index >= 15 is 0 Å². The maximum Gasteiger partial charge on any atom is 0.249 e. The molecule has 4 unspecified atom stereocenters. The minimum Gasteiger partial charge on any atom is -0.507 e. The Hall–Kier alpha value is -3.95. The lowest BCUT2D eigenvalue weighted by Gasteiger charge is -2.56. The molecule has 2 saturated heterocycles.